The van der Waals surface area contributed by atoms with Crippen molar-refractivity contribution >= 4 is 5.69 Å². The van der Waals surface area contributed by atoms with Gasteiger partial charge in [-0.15, -0.1) is 5.10 Å². The van der Waals surface area contributed by atoms with Crippen LogP contribution in [0.15, 0.2) is 54.6 Å². The highest BCUT2D eigenvalue weighted by Crippen LogP contribution is 2.34. The molecule has 2 aliphatic rings. The number of piperazine rings is 1. The Labute approximate surface area is 190 Å². The first kappa shape index (κ1) is 20.9. The Balaban J connectivity index is 1.38. The monoisotopic (exact) mass is 432 g/mol. The van der Waals surface area contributed by atoms with Gasteiger partial charge in [0.25, 0.3) is 0 Å². The first-order chi connectivity index (χ1) is 15.8. The molecule has 3 aromatic rings. The minimum absolute atomic E-state index is 0.0751. The normalized spacial score (nSPS) is 19.1. The standard InChI is InChI=1S/C25H32N6O/c1-32-23-14-12-21(13-15-23)29-16-18-30(19-17-29)24(20-8-4-2-5-9-20)25-26-27-28-31(25)22-10-6-3-7-11-22/h2,4-5,8-9,12-15,22,24H,3,6-7,10-11,16-19H2,1H3. The van der Waals surface area contributed by atoms with Crippen LogP contribution < -0.4 is 9.64 Å². The Morgan fingerprint density at radius 1 is 0.875 bits per heavy atom. The number of nitrogens with zero attached hydrogens (tertiary/aromatic N) is 6. The van der Waals surface area contributed by atoms with E-state index in [1.807, 2.05) is 12.1 Å². The van der Waals surface area contributed by atoms with E-state index in [4.69, 9.17) is 4.74 Å². The zero-order chi connectivity index (χ0) is 21.8. The minimum Gasteiger partial charge on any atom is -0.497 e. The number of tetrazole rings is 1. The van der Waals surface area contributed by atoms with Gasteiger partial charge in [-0.2, -0.15) is 0 Å². The summed E-state index contributed by atoms with van der Waals surface area (Å²) in [6.45, 7) is 3.87. The summed E-state index contributed by atoms with van der Waals surface area (Å²) in [5, 5.41) is 13.2. The summed E-state index contributed by atoms with van der Waals surface area (Å²) in [7, 11) is 1.71. The molecule has 1 aliphatic carbocycles. The number of hydrogen-bond donors (Lipinski definition) is 0. The van der Waals surface area contributed by atoms with Crippen LogP contribution in [0.1, 0.15) is 55.6 Å². The van der Waals surface area contributed by atoms with E-state index < -0.39 is 0 Å². The first-order valence-corrected chi connectivity index (χ1v) is 11.8. The Morgan fingerprint density at radius 3 is 2.28 bits per heavy atom. The fraction of sp³-hybridized carbons (Fsp3) is 0.480. The van der Waals surface area contributed by atoms with Crippen LogP contribution in [0.3, 0.4) is 0 Å². The van der Waals surface area contributed by atoms with Crippen molar-refractivity contribution in [1.29, 1.82) is 0 Å². The van der Waals surface area contributed by atoms with E-state index in [-0.39, 0.29) is 6.04 Å². The van der Waals surface area contributed by atoms with E-state index >= 15 is 0 Å². The molecule has 2 fully saturated rings. The van der Waals surface area contributed by atoms with E-state index in [1.54, 1.807) is 7.11 Å². The SMILES string of the molecule is COc1ccc(N2CCN(C(c3ccccc3)c3nnnn3C3CCCCC3)CC2)cc1. The molecule has 1 aliphatic heterocycles. The Kier molecular flexibility index (Phi) is 6.34. The fourth-order valence-electron chi connectivity index (χ4n) is 5.16. The summed E-state index contributed by atoms with van der Waals surface area (Å²) in [5.41, 5.74) is 2.51. The van der Waals surface area contributed by atoms with Crippen molar-refractivity contribution in [2.75, 3.05) is 38.2 Å². The lowest BCUT2D eigenvalue weighted by Gasteiger charge is -2.40. The molecule has 7 nitrogen and oxygen atoms in total. The number of ether oxygens (including phenoxy) is 1. The number of anilines is 1. The molecular formula is C25H32N6O. The van der Waals surface area contributed by atoms with Gasteiger partial charge in [0.15, 0.2) is 5.82 Å². The number of hydrogen-bond acceptors (Lipinski definition) is 6. The second kappa shape index (κ2) is 9.69. The molecule has 168 valence electrons. The van der Waals surface area contributed by atoms with Gasteiger partial charge in [-0.3, -0.25) is 4.90 Å². The highest BCUT2D eigenvalue weighted by molar-refractivity contribution is 5.49. The molecule has 2 heterocycles. The van der Waals surface area contributed by atoms with Crippen LogP contribution in [-0.2, 0) is 0 Å². The summed E-state index contributed by atoms with van der Waals surface area (Å²) >= 11 is 0. The summed E-state index contributed by atoms with van der Waals surface area (Å²) in [6, 6.07) is 19.6. The molecule has 0 radical (unpaired) electrons. The summed E-state index contributed by atoms with van der Waals surface area (Å²) < 4.78 is 7.44. The Hall–Kier alpha value is -2.93. The van der Waals surface area contributed by atoms with Gasteiger partial charge < -0.3 is 9.64 Å². The lowest BCUT2D eigenvalue weighted by molar-refractivity contribution is 0.193. The first-order valence-electron chi connectivity index (χ1n) is 11.8. The van der Waals surface area contributed by atoms with Gasteiger partial charge in [0.1, 0.15) is 5.75 Å². The molecule has 0 amide bonds. The van der Waals surface area contributed by atoms with Crippen molar-refractivity contribution in [3.8, 4) is 5.75 Å². The van der Waals surface area contributed by atoms with Crippen LogP contribution in [-0.4, -0.2) is 58.4 Å². The molecule has 7 heteroatoms. The predicted octanol–water partition coefficient (Wildman–Crippen LogP) is 4.10. The highest BCUT2D eigenvalue weighted by Gasteiger charge is 2.32. The molecule has 0 spiro atoms. The largest absolute Gasteiger partial charge is 0.497 e. The van der Waals surface area contributed by atoms with Gasteiger partial charge in [-0.05, 0) is 53.1 Å². The average Bonchev–Trinajstić information content (AvgIpc) is 3.35. The van der Waals surface area contributed by atoms with Crippen molar-refractivity contribution in [3.05, 3.63) is 66.0 Å². The van der Waals surface area contributed by atoms with Crippen molar-refractivity contribution in [1.82, 2.24) is 25.1 Å². The zero-order valence-electron chi connectivity index (χ0n) is 18.8. The molecule has 1 atom stereocenters. The molecule has 32 heavy (non-hydrogen) atoms. The smallest absolute Gasteiger partial charge is 0.173 e. The molecule has 1 aromatic heterocycles. The maximum atomic E-state index is 5.31. The Morgan fingerprint density at radius 2 is 1.59 bits per heavy atom. The van der Waals surface area contributed by atoms with Crippen molar-refractivity contribution in [3.63, 3.8) is 0 Å². The fourth-order valence-corrected chi connectivity index (χ4v) is 5.16. The molecular weight excluding hydrogens is 400 g/mol. The molecule has 1 unspecified atom stereocenters. The van der Waals surface area contributed by atoms with E-state index in [1.165, 1.54) is 43.4 Å². The van der Waals surface area contributed by atoms with E-state index in [0.717, 1.165) is 37.8 Å². The van der Waals surface area contributed by atoms with Gasteiger partial charge in [-0.25, -0.2) is 4.68 Å². The molecule has 1 saturated heterocycles. The van der Waals surface area contributed by atoms with Crippen molar-refractivity contribution in [2.24, 2.45) is 0 Å². The molecule has 5 rings (SSSR count). The number of rotatable bonds is 6. The summed E-state index contributed by atoms with van der Waals surface area (Å²) in [4.78, 5) is 4.99. The molecule has 0 N–H and O–H groups in total. The lowest BCUT2D eigenvalue weighted by atomic mass is 9.95. The van der Waals surface area contributed by atoms with E-state index in [0.29, 0.717) is 6.04 Å². The van der Waals surface area contributed by atoms with Gasteiger partial charge in [0.05, 0.1) is 19.2 Å². The van der Waals surface area contributed by atoms with Crippen molar-refractivity contribution in [2.45, 2.75) is 44.2 Å². The topological polar surface area (TPSA) is 59.3 Å². The van der Waals surface area contributed by atoms with Gasteiger partial charge >= 0.3 is 0 Å². The summed E-state index contributed by atoms with van der Waals surface area (Å²) in [5.74, 6) is 1.88. The van der Waals surface area contributed by atoms with Gasteiger partial charge in [0.2, 0.25) is 0 Å². The van der Waals surface area contributed by atoms with Crippen LogP contribution in [0.2, 0.25) is 0 Å². The van der Waals surface area contributed by atoms with Crippen LogP contribution >= 0.6 is 0 Å². The van der Waals surface area contributed by atoms with Gasteiger partial charge in [0, 0.05) is 31.9 Å². The van der Waals surface area contributed by atoms with Crippen LogP contribution in [0.4, 0.5) is 5.69 Å². The van der Waals surface area contributed by atoms with E-state index in [2.05, 4.69) is 72.5 Å². The third kappa shape index (κ3) is 4.35. The quantitative estimate of drug-likeness (QED) is 0.585. The second-order valence-corrected chi connectivity index (χ2v) is 8.81. The van der Waals surface area contributed by atoms with Gasteiger partial charge in [-0.1, -0.05) is 49.6 Å². The predicted molar refractivity (Wildman–Crippen MR) is 125 cm³/mol. The lowest BCUT2D eigenvalue weighted by Crippen LogP contribution is -2.48. The minimum atomic E-state index is 0.0751. The highest BCUT2D eigenvalue weighted by atomic mass is 16.5. The summed E-state index contributed by atoms with van der Waals surface area (Å²) in [6.07, 6.45) is 6.19. The molecule has 0 bridgehead atoms. The average molecular weight is 433 g/mol. The molecule has 2 aromatic carbocycles. The second-order valence-electron chi connectivity index (χ2n) is 8.81. The van der Waals surface area contributed by atoms with Crippen LogP contribution in [0, 0.1) is 0 Å². The number of methoxy groups -OCH3 is 1. The van der Waals surface area contributed by atoms with Crippen LogP contribution in [0.5, 0.6) is 5.75 Å². The Bertz CT molecular complexity index is 975. The van der Waals surface area contributed by atoms with Crippen LogP contribution in [0.25, 0.3) is 0 Å². The van der Waals surface area contributed by atoms with E-state index in [9.17, 15) is 0 Å². The van der Waals surface area contributed by atoms with Crippen molar-refractivity contribution < 1.29 is 4.74 Å². The number of aromatic nitrogens is 4. The zero-order valence-corrected chi connectivity index (χ0v) is 18.8. The maximum absolute atomic E-state index is 5.31. The number of benzene rings is 2. The maximum Gasteiger partial charge on any atom is 0.173 e. The third-order valence-electron chi connectivity index (χ3n) is 6.92. The third-order valence-corrected chi connectivity index (χ3v) is 6.92. The molecule has 1 saturated carbocycles.